The summed E-state index contributed by atoms with van der Waals surface area (Å²) in [7, 11) is 0. The van der Waals surface area contributed by atoms with E-state index in [4.69, 9.17) is 5.73 Å². The molecule has 1 aromatic rings. The van der Waals surface area contributed by atoms with Crippen LogP contribution in [0.15, 0.2) is 12.1 Å². The minimum Gasteiger partial charge on any atom is -0.328 e. The lowest BCUT2D eigenvalue weighted by molar-refractivity contribution is -0.117. The molecule has 1 aromatic carbocycles. The van der Waals surface area contributed by atoms with Crippen LogP contribution in [-0.2, 0) is 4.79 Å². The summed E-state index contributed by atoms with van der Waals surface area (Å²) >= 11 is 0. The number of hydrogen-bond acceptors (Lipinski definition) is 3. The highest BCUT2D eigenvalue weighted by Crippen LogP contribution is 2.22. The Balaban J connectivity index is 1.89. The first-order valence-corrected chi connectivity index (χ1v) is 8.22. The molecule has 1 aliphatic heterocycles. The molecule has 1 heterocycles. The predicted molar refractivity (Wildman–Crippen MR) is 92.1 cm³/mol. The molecule has 1 unspecified atom stereocenters. The fraction of sp³-hybridized carbons (Fsp3) is 0.611. The van der Waals surface area contributed by atoms with E-state index in [0.717, 1.165) is 42.7 Å². The Labute approximate surface area is 134 Å². The maximum absolute atomic E-state index is 12.3. The van der Waals surface area contributed by atoms with Gasteiger partial charge >= 0.3 is 0 Å². The third kappa shape index (κ3) is 4.31. The summed E-state index contributed by atoms with van der Waals surface area (Å²) in [4.78, 5) is 14.5. The molecule has 3 N–H and O–H groups in total. The van der Waals surface area contributed by atoms with Gasteiger partial charge in [0.25, 0.3) is 0 Å². The van der Waals surface area contributed by atoms with E-state index in [1.807, 2.05) is 13.8 Å². The van der Waals surface area contributed by atoms with Crippen LogP contribution in [0.3, 0.4) is 0 Å². The molecule has 122 valence electrons. The Morgan fingerprint density at radius 1 is 1.27 bits per heavy atom. The molecule has 1 aliphatic rings. The van der Waals surface area contributed by atoms with E-state index in [9.17, 15) is 4.79 Å². The molecule has 0 aromatic heterocycles. The van der Waals surface area contributed by atoms with E-state index in [-0.39, 0.29) is 11.9 Å². The van der Waals surface area contributed by atoms with Crippen LogP contribution < -0.4 is 11.1 Å². The molecular formula is C18H29N3O. The summed E-state index contributed by atoms with van der Waals surface area (Å²) in [5.41, 5.74) is 10.4. The van der Waals surface area contributed by atoms with Gasteiger partial charge in [-0.3, -0.25) is 9.69 Å². The summed E-state index contributed by atoms with van der Waals surface area (Å²) in [5.74, 6) is 0.676. The van der Waals surface area contributed by atoms with E-state index in [0.29, 0.717) is 12.5 Å². The van der Waals surface area contributed by atoms with E-state index >= 15 is 0 Å². The minimum atomic E-state index is 0.0781. The smallest absolute Gasteiger partial charge is 0.238 e. The van der Waals surface area contributed by atoms with Gasteiger partial charge in [-0.05, 0) is 70.7 Å². The summed E-state index contributed by atoms with van der Waals surface area (Å²) in [6.07, 6.45) is 2.18. The summed E-state index contributed by atoms with van der Waals surface area (Å²) in [5, 5.41) is 3.08. The zero-order valence-electron chi connectivity index (χ0n) is 14.3. The first kappa shape index (κ1) is 17.0. The van der Waals surface area contributed by atoms with Crippen molar-refractivity contribution in [3.63, 3.8) is 0 Å². The van der Waals surface area contributed by atoms with Crippen molar-refractivity contribution in [2.75, 3.05) is 25.0 Å². The van der Waals surface area contributed by atoms with Gasteiger partial charge in [-0.15, -0.1) is 0 Å². The average molecular weight is 303 g/mol. The first-order valence-electron chi connectivity index (χ1n) is 8.22. The van der Waals surface area contributed by atoms with Crippen LogP contribution in [-0.4, -0.2) is 36.5 Å². The number of piperidine rings is 1. The summed E-state index contributed by atoms with van der Waals surface area (Å²) in [6, 6.07) is 4.47. The molecule has 4 nitrogen and oxygen atoms in total. The molecule has 2 rings (SSSR count). The Bertz CT molecular complexity index is 508. The summed E-state index contributed by atoms with van der Waals surface area (Å²) < 4.78 is 0. The Hall–Kier alpha value is -1.39. The van der Waals surface area contributed by atoms with Gasteiger partial charge in [0, 0.05) is 11.7 Å². The predicted octanol–water partition coefficient (Wildman–Crippen LogP) is 2.61. The van der Waals surface area contributed by atoms with Gasteiger partial charge < -0.3 is 11.1 Å². The molecule has 0 spiro atoms. The van der Waals surface area contributed by atoms with Crippen LogP contribution in [0.4, 0.5) is 5.69 Å². The third-order valence-corrected chi connectivity index (χ3v) is 4.68. The van der Waals surface area contributed by atoms with Gasteiger partial charge in [-0.2, -0.15) is 0 Å². The monoisotopic (exact) mass is 303 g/mol. The van der Waals surface area contributed by atoms with Crippen molar-refractivity contribution in [2.45, 2.75) is 46.6 Å². The largest absolute Gasteiger partial charge is 0.328 e. The van der Waals surface area contributed by atoms with Crippen molar-refractivity contribution < 1.29 is 4.79 Å². The number of aryl methyl sites for hydroxylation is 3. The van der Waals surface area contributed by atoms with Crippen molar-refractivity contribution in [1.82, 2.24) is 4.90 Å². The number of nitrogens with two attached hydrogens (primary N) is 1. The molecule has 1 atom stereocenters. The number of anilines is 1. The van der Waals surface area contributed by atoms with Crippen LogP contribution in [0, 0.1) is 26.7 Å². The number of rotatable bonds is 4. The summed E-state index contributed by atoms with van der Waals surface area (Å²) in [6.45, 7) is 10.6. The molecule has 0 radical (unpaired) electrons. The maximum Gasteiger partial charge on any atom is 0.238 e. The fourth-order valence-electron chi connectivity index (χ4n) is 3.40. The Morgan fingerprint density at radius 2 is 1.82 bits per heavy atom. The average Bonchev–Trinajstić information content (AvgIpc) is 2.43. The fourth-order valence-corrected chi connectivity index (χ4v) is 3.40. The highest BCUT2D eigenvalue weighted by atomic mass is 16.2. The first-order chi connectivity index (χ1) is 10.4. The van der Waals surface area contributed by atoms with Gasteiger partial charge in [0.2, 0.25) is 5.91 Å². The number of hydrogen-bond donors (Lipinski definition) is 2. The van der Waals surface area contributed by atoms with Crippen LogP contribution in [0.25, 0.3) is 0 Å². The molecule has 1 fully saturated rings. The molecule has 22 heavy (non-hydrogen) atoms. The topological polar surface area (TPSA) is 58.4 Å². The van der Waals surface area contributed by atoms with E-state index in [1.165, 1.54) is 5.56 Å². The molecule has 0 aliphatic carbocycles. The minimum absolute atomic E-state index is 0.0781. The lowest BCUT2D eigenvalue weighted by Crippen LogP contribution is -2.42. The number of amides is 1. The van der Waals surface area contributed by atoms with Crippen molar-refractivity contribution in [2.24, 2.45) is 11.7 Å². The molecule has 0 bridgehead atoms. The second-order valence-electron chi connectivity index (χ2n) is 6.79. The Kier molecular flexibility index (Phi) is 5.59. The second kappa shape index (κ2) is 7.25. The lowest BCUT2D eigenvalue weighted by Gasteiger charge is -2.33. The van der Waals surface area contributed by atoms with Crippen molar-refractivity contribution in [3.05, 3.63) is 28.8 Å². The van der Waals surface area contributed by atoms with Gasteiger partial charge in [-0.25, -0.2) is 0 Å². The van der Waals surface area contributed by atoms with Gasteiger partial charge in [0.05, 0.1) is 6.54 Å². The van der Waals surface area contributed by atoms with Crippen LogP contribution in [0.1, 0.15) is 36.5 Å². The third-order valence-electron chi connectivity index (χ3n) is 4.68. The van der Waals surface area contributed by atoms with E-state index in [2.05, 4.69) is 36.2 Å². The number of carbonyl (C=O) groups excluding carboxylic acids is 1. The van der Waals surface area contributed by atoms with Crippen molar-refractivity contribution >= 4 is 11.6 Å². The molecule has 4 heteroatoms. The number of benzene rings is 1. The SMILES string of the molecule is Cc1cc(C)c(NC(=O)CN2CCC(C(C)N)CC2)c(C)c1. The van der Waals surface area contributed by atoms with Crippen molar-refractivity contribution in [3.8, 4) is 0 Å². The Morgan fingerprint density at radius 3 is 2.32 bits per heavy atom. The highest BCUT2D eigenvalue weighted by molar-refractivity contribution is 5.93. The number of nitrogens with zero attached hydrogens (tertiary/aromatic N) is 1. The van der Waals surface area contributed by atoms with E-state index in [1.54, 1.807) is 0 Å². The lowest BCUT2D eigenvalue weighted by atomic mass is 9.91. The number of likely N-dealkylation sites (tertiary alicyclic amines) is 1. The second-order valence-corrected chi connectivity index (χ2v) is 6.79. The van der Waals surface area contributed by atoms with Crippen molar-refractivity contribution in [1.29, 1.82) is 0 Å². The van der Waals surface area contributed by atoms with Crippen LogP contribution in [0.5, 0.6) is 0 Å². The molecule has 1 saturated heterocycles. The normalized spacial score (nSPS) is 18.2. The molecular weight excluding hydrogens is 274 g/mol. The number of carbonyl (C=O) groups is 1. The van der Waals surface area contributed by atoms with Gasteiger partial charge in [-0.1, -0.05) is 17.7 Å². The zero-order valence-corrected chi connectivity index (χ0v) is 14.3. The standard InChI is InChI=1S/C18H29N3O/c1-12-9-13(2)18(14(3)10-12)20-17(22)11-21-7-5-16(6-8-21)15(4)19/h9-10,15-16H,5-8,11,19H2,1-4H3,(H,20,22). The molecule has 1 amide bonds. The van der Waals surface area contributed by atoms with Gasteiger partial charge in [0.1, 0.15) is 0 Å². The van der Waals surface area contributed by atoms with Crippen LogP contribution >= 0.6 is 0 Å². The maximum atomic E-state index is 12.3. The zero-order chi connectivity index (χ0) is 16.3. The quantitative estimate of drug-likeness (QED) is 0.899. The molecule has 0 saturated carbocycles. The highest BCUT2D eigenvalue weighted by Gasteiger charge is 2.23. The van der Waals surface area contributed by atoms with E-state index < -0.39 is 0 Å². The van der Waals surface area contributed by atoms with Crippen LogP contribution in [0.2, 0.25) is 0 Å². The number of nitrogens with one attached hydrogen (secondary N) is 1. The van der Waals surface area contributed by atoms with Gasteiger partial charge in [0.15, 0.2) is 0 Å².